The summed E-state index contributed by atoms with van der Waals surface area (Å²) in [5, 5.41) is 0. The fraction of sp³-hybridized carbons (Fsp3) is 0.615. The zero-order valence-electron chi connectivity index (χ0n) is 11.1. The number of methoxy groups -OCH3 is 1. The van der Waals surface area contributed by atoms with Gasteiger partial charge in [0.2, 0.25) is 5.88 Å². The number of pyridine rings is 1. The molecule has 1 atom stereocenters. The summed E-state index contributed by atoms with van der Waals surface area (Å²) in [7, 11) is 1.66. The van der Waals surface area contributed by atoms with E-state index in [1.165, 1.54) is 0 Å². The molecule has 0 amide bonds. The number of nitrogens with zero attached hydrogens (tertiary/aromatic N) is 1. The zero-order chi connectivity index (χ0) is 13.2. The minimum atomic E-state index is 0.000680. The molecule has 1 rings (SSSR count). The van der Waals surface area contributed by atoms with Crippen molar-refractivity contribution < 1.29 is 14.2 Å². The molecule has 0 aliphatic rings. The summed E-state index contributed by atoms with van der Waals surface area (Å²) in [5.41, 5.74) is 6.74. The summed E-state index contributed by atoms with van der Waals surface area (Å²) in [6.45, 7) is 4.44. The van der Waals surface area contributed by atoms with Gasteiger partial charge >= 0.3 is 0 Å². The number of hydrogen-bond acceptors (Lipinski definition) is 5. The van der Waals surface area contributed by atoms with Crippen molar-refractivity contribution in [3.05, 3.63) is 23.9 Å². The second kappa shape index (κ2) is 8.85. The molecule has 2 N–H and O–H groups in total. The quantitative estimate of drug-likeness (QED) is 0.677. The number of rotatable bonds is 9. The molecule has 0 radical (unpaired) electrons. The lowest BCUT2D eigenvalue weighted by Gasteiger charge is -2.08. The van der Waals surface area contributed by atoms with Crippen LogP contribution in [-0.2, 0) is 9.47 Å². The minimum absolute atomic E-state index is 0.000680. The molecule has 102 valence electrons. The van der Waals surface area contributed by atoms with Crippen molar-refractivity contribution >= 4 is 0 Å². The predicted molar refractivity (Wildman–Crippen MR) is 69.6 cm³/mol. The van der Waals surface area contributed by atoms with E-state index in [0.717, 1.165) is 12.0 Å². The first kappa shape index (κ1) is 14.9. The maximum Gasteiger partial charge on any atom is 0.213 e. The third-order valence-electron chi connectivity index (χ3n) is 2.40. The van der Waals surface area contributed by atoms with Gasteiger partial charge in [0.15, 0.2) is 0 Å². The molecule has 5 heteroatoms. The van der Waals surface area contributed by atoms with Gasteiger partial charge in [-0.3, -0.25) is 0 Å². The molecule has 0 saturated carbocycles. The molecule has 5 nitrogen and oxygen atoms in total. The molecule has 0 spiro atoms. The van der Waals surface area contributed by atoms with Crippen LogP contribution in [0.15, 0.2) is 18.3 Å². The lowest BCUT2D eigenvalue weighted by Crippen LogP contribution is -2.08. The maximum absolute atomic E-state index is 5.74. The third kappa shape index (κ3) is 5.95. The highest BCUT2D eigenvalue weighted by Crippen LogP contribution is 2.12. The highest BCUT2D eigenvalue weighted by molar-refractivity contribution is 5.19. The first-order valence-electron chi connectivity index (χ1n) is 6.15. The maximum atomic E-state index is 5.74. The van der Waals surface area contributed by atoms with Crippen LogP contribution in [0.3, 0.4) is 0 Å². The zero-order valence-corrected chi connectivity index (χ0v) is 11.1. The Morgan fingerprint density at radius 1 is 1.22 bits per heavy atom. The Balaban J connectivity index is 2.12. The Kier molecular flexibility index (Phi) is 7.32. The monoisotopic (exact) mass is 254 g/mol. The lowest BCUT2D eigenvalue weighted by molar-refractivity contribution is 0.0642. The van der Waals surface area contributed by atoms with Gasteiger partial charge in [-0.25, -0.2) is 4.98 Å². The molecule has 0 aliphatic carbocycles. The van der Waals surface area contributed by atoms with Crippen LogP contribution in [0.5, 0.6) is 5.88 Å². The SMILES string of the molecule is COCCOCCCOc1ccc([C@@H](C)N)cn1. The molecule has 0 unspecified atom stereocenters. The Labute approximate surface area is 108 Å². The van der Waals surface area contributed by atoms with E-state index in [9.17, 15) is 0 Å². The van der Waals surface area contributed by atoms with Crippen LogP contribution in [-0.4, -0.2) is 38.5 Å². The molecule has 0 saturated heterocycles. The van der Waals surface area contributed by atoms with Crippen molar-refractivity contribution in [1.82, 2.24) is 4.98 Å². The molecule has 18 heavy (non-hydrogen) atoms. The van der Waals surface area contributed by atoms with Gasteiger partial charge in [0.05, 0.1) is 19.8 Å². The van der Waals surface area contributed by atoms with Crippen LogP contribution in [0.1, 0.15) is 24.9 Å². The van der Waals surface area contributed by atoms with Crippen LogP contribution in [0, 0.1) is 0 Å². The molecule has 0 fully saturated rings. The Morgan fingerprint density at radius 3 is 2.67 bits per heavy atom. The average molecular weight is 254 g/mol. The first-order valence-corrected chi connectivity index (χ1v) is 6.15. The van der Waals surface area contributed by atoms with E-state index in [2.05, 4.69) is 4.98 Å². The van der Waals surface area contributed by atoms with Gasteiger partial charge in [0.25, 0.3) is 0 Å². The second-order valence-corrected chi connectivity index (χ2v) is 4.03. The summed E-state index contributed by atoms with van der Waals surface area (Å²) in [4.78, 5) is 4.18. The number of aromatic nitrogens is 1. The summed E-state index contributed by atoms with van der Waals surface area (Å²) >= 11 is 0. The van der Waals surface area contributed by atoms with Crippen molar-refractivity contribution in [1.29, 1.82) is 0 Å². The molecule has 0 bridgehead atoms. The molecule has 1 heterocycles. The van der Waals surface area contributed by atoms with Crippen molar-refractivity contribution in [2.45, 2.75) is 19.4 Å². The fourth-order valence-corrected chi connectivity index (χ4v) is 1.33. The van der Waals surface area contributed by atoms with Crippen molar-refractivity contribution in [2.24, 2.45) is 5.73 Å². The number of nitrogens with two attached hydrogens (primary N) is 1. The number of ether oxygens (including phenoxy) is 3. The van der Waals surface area contributed by atoms with Gasteiger partial charge in [-0.2, -0.15) is 0 Å². The van der Waals surface area contributed by atoms with Gasteiger partial charge in [-0.05, 0) is 12.5 Å². The Morgan fingerprint density at radius 2 is 2.06 bits per heavy atom. The predicted octanol–water partition coefficient (Wildman–Crippen LogP) is 1.53. The summed E-state index contributed by atoms with van der Waals surface area (Å²) in [6.07, 6.45) is 2.58. The van der Waals surface area contributed by atoms with E-state index in [1.54, 1.807) is 13.3 Å². The second-order valence-electron chi connectivity index (χ2n) is 4.03. The van der Waals surface area contributed by atoms with Crippen LogP contribution in [0.25, 0.3) is 0 Å². The molecule has 1 aromatic heterocycles. The van der Waals surface area contributed by atoms with E-state index >= 15 is 0 Å². The van der Waals surface area contributed by atoms with Gasteiger partial charge in [0, 0.05) is 38.4 Å². The largest absolute Gasteiger partial charge is 0.478 e. The van der Waals surface area contributed by atoms with E-state index in [4.69, 9.17) is 19.9 Å². The standard InChI is InChI=1S/C13H22N2O3/c1-11(14)12-4-5-13(15-10-12)18-7-3-6-17-9-8-16-2/h4-5,10-11H,3,6-9,14H2,1-2H3/t11-/m1/s1. The molecular formula is C13H22N2O3. The van der Waals surface area contributed by atoms with Crippen molar-refractivity contribution in [2.75, 3.05) is 33.5 Å². The van der Waals surface area contributed by atoms with Crippen LogP contribution in [0.4, 0.5) is 0 Å². The topological polar surface area (TPSA) is 66.6 Å². The first-order chi connectivity index (χ1) is 8.74. The summed E-state index contributed by atoms with van der Waals surface area (Å²) in [5.74, 6) is 0.622. The Bertz CT molecular complexity index is 315. The van der Waals surface area contributed by atoms with E-state index in [-0.39, 0.29) is 6.04 Å². The third-order valence-corrected chi connectivity index (χ3v) is 2.40. The van der Waals surface area contributed by atoms with Gasteiger partial charge in [-0.1, -0.05) is 6.07 Å². The number of hydrogen-bond donors (Lipinski definition) is 1. The molecular weight excluding hydrogens is 232 g/mol. The van der Waals surface area contributed by atoms with Crippen LogP contribution in [0.2, 0.25) is 0 Å². The summed E-state index contributed by atoms with van der Waals surface area (Å²) < 4.78 is 15.7. The van der Waals surface area contributed by atoms with Crippen LogP contribution >= 0.6 is 0 Å². The highest BCUT2D eigenvalue weighted by atomic mass is 16.5. The van der Waals surface area contributed by atoms with Gasteiger partial charge < -0.3 is 19.9 Å². The van der Waals surface area contributed by atoms with E-state index in [0.29, 0.717) is 32.3 Å². The van der Waals surface area contributed by atoms with E-state index in [1.807, 2.05) is 19.1 Å². The van der Waals surface area contributed by atoms with Gasteiger partial charge in [-0.15, -0.1) is 0 Å². The minimum Gasteiger partial charge on any atom is -0.478 e. The van der Waals surface area contributed by atoms with E-state index < -0.39 is 0 Å². The molecule has 0 aliphatic heterocycles. The molecule has 0 aromatic carbocycles. The normalized spacial score (nSPS) is 12.4. The van der Waals surface area contributed by atoms with Crippen molar-refractivity contribution in [3.8, 4) is 5.88 Å². The van der Waals surface area contributed by atoms with Crippen LogP contribution < -0.4 is 10.5 Å². The van der Waals surface area contributed by atoms with Crippen molar-refractivity contribution in [3.63, 3.8) is 0 Å². The average Bonchev–Trinajstić information content (AvgIpc) is 2.38. The molecule has 1 aromatic rings. The summed E-state index contributed by atoms with van der Waals surface area (Å²) in [6, 6.07) is 3.77. The Hall–Kier alpha value is -1.17. The lowest BCUT2D eigenvalue weighted by atomic mass is 10.2. The smallest absolute Gasteiger partial charge is 0.213 e. The fourth-order valence-electron chi connectivity index (χ4n) is 1.33. The highest BCUT2D eigenvalue weighted by Gasteiger charge is 2.00. The van der Waals surface area contributed by atoms with Gasteiger partial charge in [0.1, 0.15) is 0 Å².